The van der Waals surface area contributed by atoms with Crippen LogP contribution in [0.1, 0.15) is 6.42 Å². The summed E-state index contributed by atoms with van der Waals surface area (Å²) in [6.07, 6.45) is 1.79. The van der Waals surface area contributed by atoms with Crippen LogP contribution >= 0.6 is 0 Å². The van der Waals surface area contributed by atoms with E-state index in [2.05, 4.69) is 15.4 Å². The van der Waals surface area contributed by atoms with Crippen LogP contribution in [0.4, 0.5) is 11.6 Å². The third-order valence-corrected chi connectivity index (χ3v) is 2.17. The van der Waals surface area contributed by atoms with Gasteiger partial charge in [-0.05, 0) is 6.42 Å². The zero-order chi connectivity index (χ0) is 14.8. The quantitative estimate of drug-likeness (QED) is 0.266. The van der Waals surface area contributed by atoms with E-state index in [9.17, 15) is 10.1 Å². The number of aromatic nitrogens is 2. The molecule has 0 saturated heterocycles. The second kappa shape index (κ2) is 8.96. The monoisotopic (exact) mass is 287 g/mol. The van der Waals surface area contributed by atoms with Crippen LogP contribution in [-0.2, 0) is 9.47 Å². The number of nitrogens with one attached hydrogen (secondary N) is 1. The van der Waals surface area contributed by atoms with Gasteiger partial charge < -0.3 is 14.2 Å². The van der Waals surface area contributed by atoms with Gasteiger partial charge in [0.1, 0.15) is 12.8 Å². The van der Waals surface area contributed by atoms with E-state index in [1.807, 2.05) is 0 Å². The summed E-state index contributed by atoms with van der Waals surface area (Å²) >= 11 is 0. The van der Waals surface area contributed by atoms with Crippen molar-refractivity contribution in [3.8, 4) is 5.88 Å². The van der Waals surface area contributed by atoms with Gasteiger partial charge in [-0.3, -0.25) is 15.5 Å². The van der Waals surface area contributed by atoms with E-state index in [0.717, 1.165) is 12.6 Å². The Balaban J connectivity index is 2.43. The number of rotatable bonds is 10. The molecule has 10 nitrogen and oxygen atoms in total. The molecule has 0 aliphatic rings. The number of anilines is 1. The van der Waals surface area contributed by atoms with Gasteiger partial charge in [0.2, 0.25) is 5.95 Å². The maximum absolute atomic E-state index is 10.8. The van der Waals surface area contributed by atoms with Crippen molar-refractivity contribution in [2.75, 3.05) is 39.0 Å². The van der Waals surface area contributed by atoms with E-state index in [1.54, 1.807) is 7.11 Å². The van der Waals surface area contributed by atoms with E-state index >= 15 is 0 Å². The molecule has 1 aromatic rings. The summed E-state index contributed by atoms with van der Waals surface area (Å²) in [5, 5.41) is 10.8. The van der Waals surface area contributed by atoms with Gasteiger partial charge in [-0.25, -0.2) is 10.8 Å². The lowest BCUT2D eigenvalue weighted by atomic mass is 10.5. The van der Waals surface area contributed by atoms with Crippen LogP contribution in [0.25, 0.3) is 0 Å². The topological polar surface area (TPSA) is 135 Å². The van der Waals surface area contributed by atoms with E-state index in [4.69, 9.17) is 20.1 Å². The van der Waals surface area contributed by atoms with Gasteiger partial charge >= 0.3 is 5.69 Å². The molecule has 10 heteroatoms. The lowest BCUT2D eigenvalue weighted by molar-refractivity contribution is -0.386. The van der Waals surface area contributed by atoms with Crippen molar-refractivity contribution in [2.24, 2.45) is 5.84 Å². The van der Waals surface area contributed by atoms with Gasteiger partial charge in [-0.1, -0.05) is 0 Å². The summed E-state index contributed by atoms with van der Waals surface area (Å²) in [4.78, 5) is 17.6. The van der Waals surface area contributed by atoms with Crippen molar-refractivity contribution in [3.05, 3.63) is 16.3 Å². The lowest BCUT2D eigenvalue weighted by Gasteiger charge is -2.07. The highest BCUT2D eigenvalue weighted by molar-refractivity contribution is 5.42. The molecule has 20 heavy (non-hydrogen) atoms. The van der Waals surface area contributed by atoms with Crippen LogP contribution < -0.4 is 16.0 Å². The number of hydrogen-bond acceptors (Lipinski definition) is 9. The minimum absolute atomic E-state index is 0.0339. The first kappa shape index (κ1) is 16.0. The Morgan fingerprint density at radius 2 is 2.20 bits per heavy atom. The summed E-state index contributed by atoms with van der Waals surface area (Å²) in [6, 6.07) is 0. The van der Waals surface area contributed by atoms with Gasteiger partial charge in [-0.2, -0.15) is 4.98 Å². The standard InChI is InChI=1S/C10H17N5O5/c1-18-3-2-4-19-5-6-20-9-8(15(16)17)7-12-10(13-9)14-11/h7H,2-6,11H2,1H3,(H,12,13,14). The third-order valence-electron chi connectivity index (χ3n) is 2.17. The minimum Gasteiger partial charge on any atom is -0.470 e. The van der Waals surface area contributed by atoms with Crippen molar-refractivity contribution < 1.29 is 19.1 Å². The second-order valence-electron chi connectivity index (χ2n) is 3.59. The SMILES string of the molecule is COCCCOCCOc1nc(NN)ncc1[N+](=O)[O-]. The van der Waals surface area contributed by atoms with Crippen molar-refractivity contribution in [1.82, 2.24) is 9.97 Å². The van der Waals surface area contributed by atoms with E-state index in [-0.39, 0.29) is 30.7 Å². The molecule has 0 atom stereocenters. The number of nitrogens with zero attached hydrogens (tertiary/aromatic N) is 3. The molecule has 0 aliphatic carbocycles. The van der Waals surface area contributed by atoms with Crippen LogP contribution in [0, 0.1) is 10.1 Å². The van der Waals surface area contributed by atoms with Crippen molar-refractivity contribution in [1.29, 1.82) is 0 Å². The summed E-state index contributed by atoms with van der Waals surface area (Å²) in [5.41, 5.74) is 1.86. The highest BCUT2D eigenvalue weighted by atomic mass is 16.6. The van der Waals surface area contributed by atoms with Crippen LogP contribution in [0.3, 0.4) is 0 Å². The Morgan fingerprint density at radius 3 is 2.85 bits per heavy atom. The first-order chi connectivity index (χ1) is 9.69. The summed E-state index contributed by atoms with van der Waals surface area (Å²) < 4.78 is 15.3. The number of nitrogens with two attached hydrogens (primary N) is 1. The molecule has 0 unspecified atom stereocenters. The van der Waals surface area contributed by atoms with Crippen LogP contribution in [0.2, 0.25) is 0 Å². The molecule has 0 aromatic carbocycles. The number of hydrogen-bond donors (Lipinski definition) is 2. The van der Waals surface area contributed by atoms with Crippen molar-refractivity contribution in [3.63, 3.8) is 0 Å². The molecular formula is C10H17N5O5. The smallest absolute Gasteiger partial charge is 0.349 e. The average Bonchev–Trinajstić information content (AvgIpc) is 2.45. The number of methoxy groups -OCH3 is 1. The summed E-state index contributed by atoms with van der Waals surface area (Å²) in [7, 11) is 1.61. The molecule has 1 aromatic heterocycles. The van der Waals surface area contributed by atoms with Crippen LogP contribution in [0.15, 0.2) is 6.20 Å². The Labute approximate surface area is 115 Å². The predicted octanol–water partition coefficient (Wildman–Crippen LogP) is 0.102. The molecule has 1 heterocycles. The first-order valence-electron chi connectivity index (χ1n) is 5.86. The molecule has 0 radical (unpaired) electrons. The Hall–Kier alpha value is -2.04. The third kappa shape index (κ3) is 5.30. The zero-order valence-electron chi connectivity index (χ0n) is 11.1. The predicted molar refractivity (Wildman–Crippen MR) is 69.3 cm³/mol. The minimum atomic E-state index is -0.630. The molecule has 112 valence electrons. The fraction of sp³-hybridized carbons (Fsp3) is 0.600. The normalized spacial score (nSPS) is 10.3. The van der Waals surface area contributed by atoms with Gasteiger partial charge in [0.25, 0.3) is 5.88 Å². The van der Waals surface area contributed by atoms with E-state index in [0.29, 0.717) is 13.2 Å². The van der Waals surface area contributed by atoms with E-state index in [1.165, 1.54) is 0 Å². The second-order valence-corrected chi connectivity index (χ2v) is 3.59. The van der Waals surface area contributed by atoms with Crippen molar-refractivity contribution in [2.45, 2.75) is 6.42 Å². The Morgan fingerprint density at radius 1 is 1.40 bits per heavy atom. The molecule has 3 N–H and O–H groups in total. The highest BCUT2D eigenvalue weighted by Crippen LogP contribution is 2.23. The van der Waals surface area contributed by atoms with Gasteiger partial charge in [0, 0.05) is 20.3 Å². The zero-order valence-corrected chi connectivity index (χ0v) is 11.1. The number of hydrazine groups is 1. The summed E-state index contributed by atoms with van der Waals surface area (Å²) in [6.45, 7) is 1.56. The lowest BCUT2D eigenvalue weighted by Crippen LogP contribution is -2.14. The molecule has 1 rings (SSSR count). The largest absolute Gasteiger partial charge is 0.470 e. The summed E-state index contributed by atoms with van der Waals surface area (Å²) in [5.74, 6) is 5.01. The van der Waals surface area contributed by atoms with Crippen LogP contribution in [0.5, 0.6) is 5.88 Å². The molecule has 0 aliphatic heterocycles. The van der Waals surface area contributed by atoms with Gasteiger partial charge in [-0.15, -0.1) is 0 Å². The average molecular weight is 287 g/mol. The Kier molecular flexibility index (Phi) is 7.17. The van der Waals surface area contributed by atoms with E-state index < -0.39 is 4.92 Å². The number of nitrogen functional groups attached to an aromatic ring is 1. The first-order valence-corrected chi connectivity index (χ1v) is 5.86. The Bertz CT molecular complexity index is 430. The molecule has 0 bridgehead atoms. The highest BCUT2D eigenvalue weighted by Gasteiger charge is 2.18. The maximum Gasteiger partial charge on any atom is 0.349 e. The fourth-order valence-electron chi connectivity index (χ4n) is 1.27. The van der Waals surface area contributed by atoms with Gasteiger partial charge in [0.05, 0.1) is 11.5 Å². The fourth-order valence-corrected chi connectivity index (χ4v) is 1.27. The van der Waals surface area contributed by atoms with Crippen molar-refractivity contribution >= 4 is 11.6 Å². The maximum atomic E-state index is 10.8. The molecule has 0 saturated carbocycles. The van der Waals surface area contributed by atoms with Crippen LogP contribution in [-0.4, -0.2) is 48.4 Å². The molecule has 0 amide bonds. The number of ether oxygens (including phenoxy) is 3. The molecular weight excluding hydrogens is 270 g/mol. The van der Waals surface area contributed by atoms with Gasteiger partial charge in [0.15, 0.2) is 0 Å². The number of nitro groups is 1. The molecule has 0 fully saturated rings. The molecule has 0 spiro atoms.